The van der Waals surface area contributed by atoms with E-state index in [0.717, 1.165) is 37.1 Å². The van der Waals surface area contributed by atoms with Crippen LogP contribution in [0.3, 0.4) is 0 Å². The van der Waals surface area contributed by atoms with E-state index in [1.165, 1.54) is 12.1 Å². The minimum absolute atomic E-state index is 0.0614. The smallest absolute Gasteiger partial charge is 0.269 e. The summed E-state index contributed by atoms with van der Waals surface area (Å²) in [5.41, 5.74) is 6.26. The Balaban J connectivity index is 1.99. The molecule has 7 nitrogen and oxygen atoms in total. The molecule has 0 bridgehead atoms. The van der Waals surface area contributed by atoms with Crippen LogP contribution in [0.15, 0.2) is 24.3 Å². The predicted octanol–water partition coefficient (Wildman–Crippen LogP) is 2.05. The van der Waals surface area contributed by atoms with E-state index in [4.69, 9.17) is 5.73 Å². The number of nitrogens with zero attached hydrogens (tertiary/aromatic N) is 3. The molecule has 0 aliphatic rings. The second-order valence-electron chi connectivity index (χ2n) is 4.51. The topological polar surface area (TPSA) is 111 Å². The molecule has 0 aliphatic carbocycles. The Morgan fingerprint density at radius 1 is 1.20 bits per heavy atom. The molecule has 7 heteroatoms. The lowest BCUT2D eigenvalue weighted by molar-refractivity contribution is -0.384. The van der Waals surface area contributed by atoms with E-state index in [2.05, 4.69) is 15.2 Å². The quantitative estimate of drug-likeness (QED) is 0.456. The minimum atomic E-state index is -0.426. The summed E-state index contributed by atoms with van der Waals surface area (Å²) in [6.07, 6.45) is 3.94. The number of aryl methyl sites for hydroxylation is 1. The molecule has 1 aromatic carbocycles. The molecule has 0 unspecified atom stereocenters. The standard InChI is InChI=1S/C13H17N5O2/c14-9-3-1-2-4-12-15-13(17-16-12)10-5-7-11(8-6-10)18(19)20/h5-8H,1-4,9,14H2,(H,15,16,17). The van der Waals surface area contributed by atoms with Gasteiger partial charge in [0, 0.05) is 24.1 Å². The van der Waals surface area contributed by atoms with Gasteiger partial charge in [0.15, 0.2) is 5.82 Å². The first-order valence-electron chi connectivity index (χ1n) is 6.57. The van der Waals surface area contributed by atoms with Crippen molar-refractivity contribution in [3.63, 3.8) is 0 Å². The molecule has 3 N–H and O–H groups in total. The molecule has 106 valence electrons. The van der Waals surface area contributed by atoms with Crippen LogP contribution in [-0.2, 0) is 6.42 Å². The number of hydrogen-bond acceptors (Lipinski definition) is 5. The van der Waals surface area contributed by atoms with Crippen molar-refractivity contribution < 1.29 is 4.92 Å². The first-order valence-corrected chi connectivity index (χ1v) is 6.57. The lowest BCUT2D eigenvalue weighted by Crippen LogP contribution is -1.98. The molecule has 0 spiro atoms. The van der Waals surface area contributed by atoms with E-state index in [1.54, 1.807) is 12.1 Å². The highest BCUT2D eigenvalue weighted by molar-refractivity contribution is 5.56. The summed E-state index contributed by atoms with van der Waals surface area (Å²) in [5, 5.41) is 17.6. The van der Waals surface area contributed by atoms with Gasteiger partial charge < -0.3 is 5.73 Å². The molecule has 0 saturated carbocycles. The average Bonchev–Trinajstić information content (AvgIpc) is 2.92. The predicted molar refractivity (Wildman–Crippen MR) is 75.1 cm³/mol. The molecule has 2 aromatic rings. The van der Waals surface area contributed by atoms with Crippen molar-refractivity contribution in [2.24, 2.45) is 5.73 Å². The molecule has 2 rings (SSSR count). The number of nitro groups is 1. The van der Waals surface area contributed by atoms with Crippen LogP contribution in [0.2, 0.25) is 0 Å². The van der Waals surface area contributed by atoms with Crippen molar-refractivity contribution in [2.45, 2.75) is 25.7 Å². The summed E-state index contributed by atoms with van der Waals surface area (Å²) in [4.78, 5) is 14.5. The molecule has 1 heterocycles. The van der Waals surface area contributed by atoms with Gasteiger partial charge >= 0.3 is 0 Å². The maximum atomic E-state index is 10.6. The van der Waals surface area contributed by atoms with Crippen LogP contribution >= 0.6 is 0 Å². The van der Waals surface area contributed by atoms with Crippen LogP contribution in [0, 0.1) is 10.1 Å². The third-order valence-corrected chi connectivity index (χ3v) is 2.99. The summed E-state index contributed by atoms with van der Waals surface area (Å²) in [7, 11) is 0. The lowest BCUT2D eigenvalue weighted by Gasteiger charge is -1.96. The molecule has 0 radical (unpaired) electrons. The summed E-state index contributed by atoms with van der Waals surface area (Å²) in [5.74, 6) is 1.39. The van der Waals surface area contributed by atoms with Crippen LogP contribution in [0.25, 0.3) is 11.4 Å². The van der Waals surface area contributed by atoms with Crippen LogP contribution in [0.5, 0.6) is 0 Å². The second kappa shape index (κ2) is 6.76. The van der Waals surface area contributed by atoms with E-state index in [0.29, 0.717) is 12.4 Å². The van der Waals surface area contributed by atoms with Crippen molar-refractivity contribution in [1.82, 2.24) is 15.2 Å². The molecule has 0 fully saturated rings. The molecular weight excluding hydrogens is 258 g/mol. The second-order valence-corrected chi connectivity index (χ2v) is 4.51. The fraction of sp³-hybridized carbons (Fsp3) is 0.385. The number of hydrogen-bond donors (Lipinski definition) is 2. The first kappa shape index (κ1) is 14.1. The van der Waals surface area contributed by atoms with E-state index >= 15 is 0 Å². The monoisotopic (exact) mass is 275 g/mol. The van der Waals surface area contributed by atoms with Crippen LogP contribution in [-0.4, -0.2) is 26.6 Å². The highest BCUT2D eigenvalue weighted by Crippen LogP contribution is 2.19. The van der Waals surface area contributed by atoms with Gasteiger partial charge in [0.1, 0.15) is 5.82 Å². The highest BCUT2D eigenvalue weighted by Gasteiger charge is 2.09. The van der Waals surface area contributed by atoms with Crippen molar-refractivity contribution in [1.29, 1.82) is 0 Å². The molecule has 20 heavy (non-hydrogen) atoms. The van der Waals surface area contributed by atoms with Gasteiger partial charge in [-0.3, -0.25) is 15.2 Å². The number of nitrogens with one attached hydrogen (secondary N) is 1. The number of rotatable bonds is 7. The molecule has 1 aromatic heterocycles. The van der Waals surface area contributed by atoms with Gasteiger partial charge in [0.05, 0.1) is 4.92 Å². The average molecular weight is 275 g/mol. The normalized spacial score (nSPS) is 10.7. The third-order valence-electron chi connectivity index (χ3n) is 2.99. The molecular formula is C13H17N5O2. The molecule has 0 saturated heterocycles. The Bertz CT molecular complexity index is 564. The van der Waals surface area contributed by atoms with Gasteiger partial charge in [0.25, 0.3) is 5.69 Å². The van der Waals surface area contributed by atoms with Crippen LogP contribution in [0.1, 0.15) is 25.1 Å². The van der Waals surface area contributed by atoms with Gasteiger partial charge in [-0.1, -0.05) is 6.42 Å². The van der Waals surface area contributed by atoms with Crippen molar-refractivity contribution in [3.8, 4) is 11.4 Å². The van der Waals surface area contributed by atoms with E-state index in [9.17, 15) is 10.1 Å². The zero-order valence-electron chi connectivity index (χ0n) is 11.1. The molecule has 0 amide bonds. The number of nitro benzene ring substituents is 1. The van der Waals surface area contributed by atoms with E-state index < -0.39 is 4.92 Å². The van der Waals surface area contributed by atoms with Crippen molar-refractivity contribution in [2.75, 3.05) is 6.54 Å². The summed E-state index contributed by atoms with van der Waals surface area (Å²) >= 11 is 0. The number of nitrogens with two attached hydrogens (primary N) is 1. The molecule has 0 atom stereocenters. The van der Waals surface area contributed by atoms with Gasteiger partial charge in [-0.05, 0) is 31.5 Å². The number of benzene rings is 1. The Hall–Kier alpha value is -2.28. The minimum Gasteiger partial charge on any atom is -0.330 e. The van der Waals surface area contributed by atoms with Gasteiger partial charge in [-0.2, -0.15) is 5.10 Å². The maximum Gasteiger partial charge on any atom is 0.269 e. The largest absolute Gasteiger partial charge is 0.330 e. The third kappa shape index (κ3) is 3.61. The van der Waals surface area contributed by atoms with Crippen molar-refractivity contribution in [3.05, 3.63) is 40.2 Å². The summed E-state index contributed by atoms with van der Waals surface area (Å²) in [6.45, 7) is 0.713. The Labute approximate surface area is 116 Å². The maximum absolute atomic E-state index is 10.6. The fourth-order valence-electron chi connectivity index (χ4n) is 1.88. The van der Waals surface area contributed by atoms with Crippen LogP contribution in [0.4, 0.5) is 5.69 Å². The van der Waals surface area contributed by atoms with Gasteiger partial charge in [-0.25, -0.2) is 4.98 Å². The van der Waals surface area contributed by atoms with E-state index in [-0.39, 0.29) is 5.69 Å². The van der Waals surface area contributed by atoms with Crippen LogP contribution < -0.4 is 5.73 Å². The number of aromatic amines is 1. The SMILES string of the molecule is NCCCCCc1nc(-c2ccc([N+](=O)[O-])cc2)n[nH]1. The Morgan fingerprint density at radius 3 is 2.60 bits per heavy atom. The van der Waals surface area contributed by atoms with Gasteiger partial charge in [0.2, 0.25) is 0 Å². The Morgan fingerprint density at radius 2 is 1.95 bits per heavy atom. The zero-order chi connectivity index (χ0) is 14.4. The summed E-state index contributed by atoms with van der Waals surface area (Å²) in [6, 6.07) is 6.21. The van der Waals surface area contributed by atoms with Crippen molar-refractivity contribution >= 4 is 5.69 Å². The summed E-state index contributed by atoms with van der Waals surface area (Å²) < 4.78 is 0. The zero-order valence-corrected chi connectivity index (χ0v) is 11.1. The van der Waals surface area contributed by atoms with Gasteiger partial charge in [-0.15, -0.1) is 0 Å². The number of aromatic nitrogens is 3. The highest BCUT2D eigenvalue weighted by atomic mass is 16.6. The first-order chi connectivity index (χ1) is 9.70. The fourth-order valence-corrected chi connectivity index (χ4v) is 1.88. The van der Waals surface area contributed by atoms with E-state index in [1.807, 2.05) is 0 Å². The number of unbranched alkanes of at least 4 members (excludes halogenated alkanes) is 2. The molecule has 0 aliphatic heterocycles. The Kier molecular flexibility index (Phi) is 4.78. The number of non-ortho nitro benzene ring substituents is 1. The lowest BCUT2D eigenvalue weighted by atomic mass is 10.2. The number of H-pyrrole nitrogens is 1.